The zero-order chi connectivity index (χ0) is 19.7. The average molecular weight is 389 g/mol. The van der Waals surface area contributed by atoms with Gasteiger partial charge in [-0.2, -0.15) is 0 Å². The van der Waals surface area contributed by atoms with E-state index in [4.69, 9.17) is 11.1 Å². The van der Waals surface area contributed by atoms with E-state index in [0.717, 1.165) is 24.5 Å². The number of rotatable bonds is 4. The first-order valence-electron chi connectivity index (χ1n) is 6.92. The monoisotopic (exact) mass is 389 g/mol. The lowest BCUT2D eigenvalue weighted by Crippen LogP contribution is -2.37. The van der Waals surface area contributed by atoms with Crippen molar-refractivity contribution in [2.24, 2.45) is 15.9 Å². The molecule has 1 aromatic rings. The topological polar surface area (TPSA) is 130 Å². The molecule has 8 nitrogen and oxygen atoms in total. The van der Waals surface area contributed by atoms with Gasteiger partial charge in [0.05, 0.1) is 10.6 Å². The second-order valence-corrected chi connectivity index (χ2v) is 7.29. The number of nitrogens with two attached hydrogens (primary N) is 1. The Morgan fingerprint density at radius 2 is 2.00 bits per heavy atom. The van der Waals surface area contributed by atoms with E-state index >= 15 is 0 Å². The average Bonchev–Trinajstić information content (AvgIpc) is 2.44. The van der Waals surface area contributed by atoms with Crippen molar-refractivity contribution < 1.29 is 26.3 Å². The number of ether oxygens (including phenoxy) is 1. The summed E-state index contributed by atoms with van der Waals surface area (Å²) in [7, 11) is -3.77. The van der Waals surface area contributed by atoms with E-state index in [-0.39, 0.29) is 33.5 Å². The zero-order valence-electron chi connectivity index (χ0n) is 13.5. The fraction of sp³-hybridized carbons (Fsp3) is 0.214. The molecule has 1 heterocycles. The number of sulfone groups is 1. The lowest BCUT2D eigenvalue weighted by molar-refractivity contribution is -0.274. The number of halogens is 3. The summed E-state index contributed by atoms with van der Waals surface area (Å²) in [5, 5.41) is 17.4. The van der Waals surface area contributed by atoms with E-state index in [1.165, 1.54) is 13.0 Å². The van der Waals surface area contributed by atoms with E-state index in [0.29, 0.717) is 0 Å². The van der Waals surface area contributed by atoms with Gasteiger partial charge in [0.1, 0.15) is 11.5 Å². The minimum Gasteiger partial charge on any atom is -0.405 e. The van der Waals surface area contributed by atoms with Crippen LogP contribution in [0.3, 0.4) is 0 Å². The van der Waals surface area contributed by atoms with Crippen LogP contribution in [-0.4, -0.2) is 38.4 Å². The Hall–Kier alpha value is -2.89. The number of benzene rings is 1. The molecule has 0 aromatic heterocycles. The highest BCUT2D eigenvalue weighted by Crippen LogP contribution is 2.31. The highest BCUT2D eigenvalue weighted by atomic mass is 32.2. The van der Waals surface area contributed by atoms with Crippen LogP contribution in [0.2, 0.25) is 0 Å². The fourth-order valence-electron chi connectivity index (χ4n) is 2.04. The van der Waals surface area contributed by atoms with Gasteiger partial charge < -0.3 is 21.2 Å². The molecule has 1 aliphatic rings. The van der Waals surface area contributed by atoms with Gasteiger partial charge in [0.25, 0.3) is 0 Å². The number of alkyl halides is 3. The lowest BCUT2D eigenvalue weighted by atomic mass is 10.0. The molecule has 0 aliphatic carbocycles. The maximum Gasteiger partial charge on any atom is 0.573 e. The molecule has 1 aliphatic heterocycles. The van der Waals surface area contributed by atoms with Gasteiger partial charge in [0.15, 0.2) is 9.84 Å². The molecule has 0 radical (unpaired) electrons. The molecule has 0 spiro atoms. The van der Waals surface area contributed by atoms with Gasteiger partial charge >= 0.3 is 6.36 Å². The van der Waals surface area contributed by atoms with Crippen LogP contribution in [0.4, 0.5) is 13.2 Å². The van der Waals surface area contributed by atoms with Crippen LogP contribution in [-0.2, 0) is 9.84 Å². The van der Waals surface area contributed by atoms with Gasteiger partial charge in [-0.3, -0.25) is 0 Å². The van der Waals surface area contributed by atoms with Gasteiger partial charge in [-0.1, -0.05) is 0 Å². The number of allylic oxidation sites excluding steroid dienone is 2. The molecule has 140 valence electrons. The third-order valence-corrected chi connectivity index (χ3v) is 4.11. The number of hydrogen-bond donors (Lipinski definition) is 3. The maximum atomic E-state index is 12.8. The SMILES string of the molecule is CC(=N)/C=C1\NC(N)=NN=C1c1ccc(S(C)(=O)=O)cc1OC(F)(F)F. The van der Waals surface area contributed by atoms with E-state index < -0.39 is 21.9 Å². The summed E-state index contributed by atoms with van der Waals surface area (Å²) in [4.78, 5) is -0.360. The van der Waals surface area contributed by atoms with Crippen molar-refractivity contribution in [3.8, 4) is 5.75 Å². The smallest absolute Gasteiger partial charge is 0.405 e. The van der Waals surface area contributed by atoms with Crippen LogP contribution >= 0.6 is 0 Å². The molecule has 0 atom stereocenters. The van der Waals surface area contributed by atoms with Gasteiger partial charge in [-0.05, 0) is 31.2 Å². The molecule has 12 heteroatoms. The highest BCUT2D eigenvalue weighted by Gasteiger charge is 2.34. The number of nitrogens with one attached hydrogen (secondary N) is 2. The maximum absolute atomic E-state index is 12.8. The Labute approximate surface area is 146 Å². The summed E-state index contributed by atoms with van der Waals surface area (Å²) < 4.78 is 65.5. The Morgan fingerprint density at radius 1 is 1.35 bits per heavy atom. The quantitative estimate of drug-likeness (QED) is 0.673. The normalized spacial score (nSPS) is 16.6. The summed E-state index contributed by atoms with van der Waals surface area (Å²) in [5.74, 6) is -0.891. The Bertz CT molecular complexity index is 949. The lowest BCUT2D eigenvalue weighted by Gasteiger charge is -2.19. The largest absolute Gasteiger partial charge is 0.573 e. The van der Waals surface area contributed by atoms with Crippen molar-refractivity contribution in [1.82, 2.24) is 5.32 Å². The Balaban J connectivity index is 2.68. The number of nitrogens with zero attached hydrogens (tertiary/aromatic N) is 2. The molecular weight excluding hydrogens is 375 g/mol. The van der Waals surface area contributed by atoms with Crippen LogP contribution in [0.1, 0.15) is 12.5 Å². The fourth-order valence-corrected chi connectivity index (χ4v) is 2.67. The first kappa shape index (κ1) is 19.4. The Kier molecular flexibility index (Phi) is 5.07. The number of hydrogen-bond acceptors (Lipinski definition) is 8. The van der Waals surface area contributed by atoms with Crippen LogP contribution in [0, 0.1) is 5.41 Å². The van der Waals surface area contributed by atoms with E-state index in [1.54, 1.807) is 0 Å². The minimum atomic E-state index is -5.06. The highest BCUT2D eigenvalue weighted by molar-refractivity contribution is 7.90. The van der Waals surface area contributed by atoms with Crippen molar-refractivity contribution >= 4 is 27.2 Å². The third-order valence-electron chi connectivity index (χ3n) is 3.00. The summed E-state index contributed by atoms with van der Waals surface area (Å²) in [5.41, 5.74) is 5.41. The molecule has 0 fully saturated rings. The van der Waals surface area contributed by atoms with Crippen LogP contribution < -0.4 is 15.8 Å². The van der Waals surface area contributed by atoms with E-state index in [1.807, 2.05) is 0 Å². The molecule has 4 N–H and O–H groups in total. The van der Waals surface area contributed by atoms with Crippen LogP contribution in [0.5, 0.6) is 5.75 Å². The van der Waals surface area contributed by atoms with Gasteiger partial charge in [0, 0.05) is 17.5 Å². The van der Waals surface area contributed by atoms with Crippen molar-refractivity contribution in [3.05, 3.63) is 35.5 Å². The summed E-state index contributed by atoms with van der Waals surface area (Å²) >= 11 is 0. The van der Waals surface area contributed by atoms with Crippen molar-refractivity contribution in [2.45, 2.75) is 18.2 Å². The number of guanidine groups is 1. The van der Waals surface area contributed by atoms with Gasteiger partial charge in [-0.15, -0.1) is 23.4 Å². The molecule has 2 rings (SSSR count). The molecule has 0 bridgehead atoms. The molecule has 0 unspecified atom stereocenters. The van der Waals surface area contributed by atoms with Crippen molar-refractivity contribution in [1.29, 1.82) is 5.41 Å². The zero-order valence-corrected chi connectivity index (χ0v) is 14.4. The second-order valence-electron chi connectivity index (χ2n) is 5.28. The third kappa shape index (κ3) is 4.81. The van der Waals surface area contributed by atoms with Gasteiger partial charge in [0.2, 0.25) is 5.96 Å². The second kappa shape index (κ2) is 6.78. The van der Waals surface area contributed by atoms with Crippen molar-refractivity contribution in [3.63, 3.8) is 0 Å². The first-order valence-corrected chi connectivity index (χ1v) is 8.81. The van der Waals surface area contributed by atoms with E-state index in [2.05, 4.69) is 20.3 Å². The molecule has 1 aromatic carbocycles. The van der Waals surface area contributed by atoms with Crippen LogP contribution in [0.15, 0.2) is 45.1 Å². The summed E-state index contributed by atoms with van der Waals surface area (Å²) in [6.07, 6.45) is -2.92. The molecule has 0 amide bonds. The van der Waals surface area contributed by atoms with Crippen LogP contribution in [0.25, 0.3) is 0 Å². The van der Waals surface area contributed by atoms with E-state index in [9.17, 15) is 21.6 Å². The first-order chi connectivity index (χ1) is 11.9. The molecule has 0 saturated heterocycles. The molecular formula is C14H14F3N5O3S. The summed E-state index contributed by atoms with van der Waals surface area (Å²) in [6, 6.07) is 2.98. The predicted octanol–water partition coefficient (Wildman–Crippen LogP) is 1.53. The molecule has 26 heavy (non-hydrogen) atoms. The molecule has 0 saturated carbocycles. The Morgan fingerprint density at radius 3 is 2.54 bits per heavy atom. The summed E-state index contributed by atoms with van der Waals surface area (Å²) in [6.45, 7) is 1.44. The van der Waals surface area contributed by atoms with Gasteiger partial charge in [-0.25, -0.2) is 8.42 Å². The minimum absolute atomic E-state index is 0.0703. The predicted molar refractivity (Wildman–Crippen MR) is 89.0 cm³/mol. The standard InChI is InChI=1S/C14H14F3N5O3S/c1-7(18)5-10-12(21-22-13(19)20-10)9-4-3-8(26(2,23)24)6-11(9)25-14(15,16)17/h3-6,18H,1-2H3,(H3,19,20,22)/b10-5-,18-7?. The van der Waals surface area contributed by atoms with Crippen molar-refractivity contribution in [2.75, 3.05) is 6.26 Å².